The van der Waals surface area contributed by atoms with E-state index in [9.17, 15) is 0 Å². The standard InChI is InChI=1S/C16H18N2O3/c17-13-7-15-16(21-5-4-20-15)8-14(13)18-9-11-2-1-3-12(6-11)10-19/h1-3,6-8,18-19H,4-5,9-10,17H2. The Morgan fingerprint density at radius 2 is 1.76 bits per heavy atom. The Balaban J connectivity index is 1.75. The van der Waals surface area contributed by atoms with Gasteiger partial charge in [0.1, 0.15) is 13.2 Å². The minimum atomic E-state index is 0.0417. The van der Waals surface area contributed by atoms with Gasteiger partial charge in [0, 0.05) is 18.7 Å². The quantitative estimate of drug-likeness (QED) is 0.751. The van der Waals surface area contributed by atoms with E-state index in [4.69, 9.17) is 20.3 Å². The van der Waals surface area contributed by atoms with Crippen molar-refractivity contribution in [1.82, 2.24) is 0 Å². The number of rotatable bonds is 4. The van der Waals surface area contributed by atoms with Gasteiger partial charge in [0.15, 0.2) is 11.5 Å². The fraction of sp³-hybridized carbons (Fsp3) is 0.250. The average Bonchev–Trinajstić information content (AvgIpc) is 2.53. The normalized spacial score (nSPS) is 13.0. The van der Waals surface area contributed by atoms with Crippen LogP contribution in [0.25, 0.3) is 0 Å². The molecule has 0 aliphatic carbocycles. The van der Waals surface area contributed by atoms with Crippen LogP contribution in [0.3, 0.4) is 0 Å². The minimum Gasteiger partial charge on any atom is -0.486 e. The van der Waals surface area contributed by atoms with Crippen molar-refractivity contribution in [2.75, 3.05) is 24.3 Å². The molecule has 2 aromatic rings. The van der Waals surface area contributed by atoms with Crippen molar-refractivity contribution in [3.05, 3.63) is 47.5 Å². The Bertz CT molecular complexity index is 643. The molecule has 1 heterocycles. The van der Waals surface area contributed by atoms with Gasteiger partial charge in [0.05, 0.1) is 18.0 Å². The first-order chi connectivity index (χ1) is 10.3. The molecule has 110 valence electrons. The predicted octanol–water partition coefficient (Wildman–Crippen LogP) is 2.14. The van der Waals surface area contributed by atoms with Gasteiger partial charge in [-0.1, -0.05) is 24.3 Å². The molecule has 3 rings (SSSR count). The number of nitrogen functional groups attached to an aromatic ring is 1. The van der Waals surface area contributed by atoms with Crippen molar-refractivity contribution in [2.24, 2.45) is 0 Å². The Morgan fingerprint density at radius 3 is 2.52 bits per heavy atom. The Hall–Kier alpha value is -2.40. The lowest BCUT2D eigenvalue weighted by Crippen LogP contribution is -2.16. The summed E-state index contributed by atoms with van der Waals surface area (Å²) in [6.07, 6.45) is 0. The summed E-state index contributed by atoms with van der Waals surface area (Å²) in [6.45, 7) is 1.76. The zero-order valence-electron chi connectivity index (χ0n) is 11.6. The Morgan fingerprint density at radius 1 is 1.05 bits per heavy atom. The molecule has 1 aliphatic heterocycles. The molecule has 5 heteroatoms. The lowest BCUT2D eigenvalue weighted by Gasteiger charge is -2.20. The van der Waals surface area contributed by atoms with Crippen LogP contribution in [-0.2, 0) is 13.2 Å². The van der Waals surface area contributed by atoms with Crippen molar-refractivity contribution in [1.29, 1.82) is 0 Å². The van der Waals surface area contributed by atoms with Gasteiger partial charge in [-0.15, -0.1) is 0 Å². The van der Waals surface area contributed by atoms with Gasteiger partial charge in [0.25, 0.3) is 0 Å². The van der Waals surface area contributed by atoms with E-state index in [2.05, 4.69) is 5.32 Å². The topological polar surface area (TPSA) is 76.7 Å². The zero-order valence-corrected chi connectivity index (χ0v) is 11.6. The summed E-state index contributed by atoms with van der Waals surface area (Å²) in [5.41, 5.74) is 9.44. The van der Waals surface area contributed by atoms with Crippen LogP contribution in [0.1, 0.15) is 11.1 Å². The molecular weight excluding hydrogens is 268 g/mol. The highest BCUT2D eigenvalue weighted by atomic mass is 16.6. The average molecular weight is 286 g/mol. The number of aliphatic hydroxyl groups excluding tert-OH is 1. The van der Waals surface area contributed by atoms with E-state index < -0.39 is 0 Å². The highest BCUT2D eigenvalue weighted by Crippen LogP contribution is 2.37. The monoisotopic (exact) mass is 286 g/mol. The molecule has 0 bridgehead atoms. The second kappa shape index (κ2) is 5.93. The van der Waals surface area contributed by atoms with E-state index in [1.54, 1.807) is 6.07 Å². The zero-order chi connectivity index (χ0) is 14.7. The molecule has 0 unspecified atom stereocenters. The molecule has 0 saturated heterocycles. The highest BCUT2D eigenvalue weighted by Gasteiger charge is 2.14. The number of hydrogen-bond donors (Lipinski definition) is 3. The summed E-state index contributed by atoms with van der Waals surface area (Å²) in [5, 5.41) is 12.4. The van der Waals surface area contributed by atoms with Gasteiger partial charge in [-0.3, -0.25) is 0 Å². The van der Waals surface area contributed by atoms with Crippen LogP contribution in [0.2, 0.25) is 0 Å². The number of fused-ring (bicyclic) bond motifs is 1. The number of nitrogens with one attached hydrogen (secondary N) is 1. The number of nitrogens with two attached hydrogens (primary N) is 1. The van der Waals surface area contributed by atoms with Gasteiger partial charge in [-0.2, -0.15) is 0 Å². The second-order valence-electron chi connectivity index (χ2n) is 4.91. The van der Waals surface area contributed by atoms with Crippen molar-refractivity contribution in [3.8, 4) is 11.5 Å². The summed E-state index contributed by atoms with van der Waals surface area (Å²) in [5.74, 6) is 1.40. The Labute approximate surface area is 123 Å². The molecule has 21 heavy (non-hydrogen) atoms. The molecule has 0 fully saturated rings. The van der Waals surface area contributed by atoms with Gasteiger partial charge in [-0.05, 0) is 11.1 Å². The number of hydrogen-bond acceptors (Lipinski definition) is 5. The minimum absolute atomic E-state index is 0.0417. The van der Waals surface area contributed by atoms with Crippen molar-refractivity contribution in [3.63, 3.8) is 0 Å². The predicted molar refractivity (Wildman–Crippen MR) is 81.5 cm³/mol. The van der Waals surface area contributed by atoms with Gasteiger partial charge >= 0.3 is 0 Å². The molecule has 1 aliphatic rings. The smallest absolute Gasteiger partial charge is 0.163 e. The molecular formula is C16H18N2O3. The van der Waals surface area contributed by atoms with Crippen LogP contribution in [0, 0.1) is 0 Å². The van der Waals surface area contributed by atoms with Crippen molar-refractivity contribution >= 4 is 11.4 Å². The van der Waals surface area contributed by atoms with E-state index in [0.29, 0.717) is 36.9 Å². The van der Waals surface area contributed by atoms with Crippen LogP contribution in [0.5, 0.6) is 11.5 Å². The molecule has 0 spiro atoms. The fourth-order valence-electron chi connectivity index (χ4n) is 2.29. The largest absolute Gasteiger partial charge is 0.486 e. The second-order valence-corrected chi connectivity index (χ2v) is 4.91. The van der Waals surface area contributed by atoms with Crippen LogP contribution in [0.15, 0.2) is 36.4 Å². The van der Waals surface area contributed by atoms with Crippen molar-refractivity contribution < 1.29 is 14.6 Å². The first-order valence-electron chi connectivity index (χ1n) is 6.88. The highest BCUT2D eigenvalue weighted by molar-refractivity contribution is 5.72. The molecule has 0 aromatic heterocycles. The molecule has 5 nitrogen and oxygen atoms in total. The third kappa shape index (κ3) is 3.03. The van der Waals surface area contributed by atoms with Crippen LogP contribution >= 0.6 is 0 Å². The summed E-state index contributed by atoms with van der Waals surface area (Å²) < 4.78 is 11.0. The third-order valence-corrected chi connectivity index (χ3v) is 3.37. The number of aliphatic hydroxyl groups is 1. The molecule has 2 aromatic carbocycles. The number of ether oxygens (including phenoxy) is 2. The van der Waals surface area contributed by atoms with Crippen LogP contribution in [-0.4, -0.2) is 18.3 Å². The van der Waals surface area contributed by atoms with E-state index in [0.717, 1.165) is 16.8 Å². The summed E-state index contributed by atoms with van der Waals surface area (Å²) in [4.78, 5) is 0. The van der Waals surface area contributed by atoms with Gasteiger partial charge in [0.2, 0.25) is 0 Å². The van der Waals surface area contributed by atoms with Gasteiger partial charge in [-0.25, -0.2) is 0 Å². The van der Waals surface area contributed by atoms with Crippen LogP contribution < -0.4 is 20.5 Å². The third-order valence-electron chi connectivity index (χ3n) is 3.37. The molecule has 0 atom stereocenters. The maximum atomic E-state index is 9.15. The lowest BCUT2D eigenvalue weighted by molar-refractivity contribution is 0.172. The first-order valence-corrected chi connectivity index (χ1v) is 6.88. The molecule has 0 saturated carbocycles. The number of anilines is 2. The summed E-state index contributed by atoms with van der Waals surface area (Å²) in [6, 6.07) is 11.4. The van der Waals surface area contributed by atoms with E-state index in [1.165, 1.54) is 0 Å². The first kappa shape index (κ1) is 13.6. The van der Waals surface area contributed by atoms with E-state index in [-0.39, 0.29) is 6.61 Å². The van der Waals surface area contributed by atoms with Crippen LogP contribution in [0.4, 0.5) is 11.4 Å². The lowest BCUT2D eigenvalue weighted by atomic mass is 10.1. The van der Waals surface area contributed by atoms with E-state index >= 15 is 0 Å². The fourth-order valence-corrected chi connectivity index (χ4v) is 2.29. The maximum Gasteiger partial charge on any atom is 0.163 e. The van der Waals surface area contributed by atoms with Crippen molar-refractivity contribution in [2.45, 2.75) is 13.2 Å². The maximum absolute atomic E-state index is 9.15. The Kier molecular flexibility index (Phi) is 3.83. The molecule has 4 N–H and O–H groups in total. The molecule has 0 radical (unpaired) electrons. The SMILES string of the molecule is Nc1cc2c(cc1NCc1cccc(CO)c1)OCCO2. The summed E-state index contributed by atoms with van der Waals surface area (Å²) >= 11 is 0. The summed E-state index contributed by atoms with van der Waals surface area (Å²) in [7, 11) is 0. The molecule has 0 amide bonds. The van der Waals surface area contributed by atoms with E-state index in [1.807, 2.05) is 30.3 Å². The number of benzene rings is 2. The van der Waals surface area contributed by atoms with Gasteiger partial charge < -0.3 is 25.6 Å².